The van der Waals surface area contributed by atoms with E-state index in [-0.39, 0.29) is 6.04 Å². The zero-order valence-corrected chi connectivity index (χ0v) is 13.3. The van der Waals surface area contributed by atoms with Crippen LogP contribution in [0.2, 0.25) is 0 Å². The number of halogens is 2. The molecule has 0 spiro atoms. The highest BCUT2D eigenvalue weighted by molar-refractivity contribution is 7.89. The van der Waals surface area contributed by atoms with E-state index in [1.54, 1.807) is 6.92 Å². The topological polar surface area (TPSA) is 72.2 Å². The maximum Gasteiger partial charge on any atom is 0.243 e. The third-order valence-corrected chi connectivity index (χ3v) is 4.78. The van der Waals surface area contributed by atoms with Gasteiger partial charge in [0.1, 0.15) is 10.7 Å². The molecule has 1 rings (SSSR count). The van der Waals surface area contributed by atoms with Gasteiger partial charge in [0.2, 0.25) is 10.0 Å². The van der Waals surface area contributed by atoms with Gasteiger partial charge >= 0.3 is 0 Å². The van der Waals surface area contributed by atoms with E-state index in [1.807, 2.05) is 13.8 Å². The number of hydrogen-bond acceptors (Lipinski definition) is 3. The molecule has 0 heterocycles. The maximum absolute atomic E-state index is 14.1. The standard InChI is InChI=1S/C14H22F2N2O2S/c1-9(2)4-5-10(3)18-21(19,20)13-7-6-12(15)11(8-17)14(13)16/h6-7,9-10,18H,4-5,8,17H2,1-3H3. The third kappa shape index (κ3) is 4.72. The van der Waals surface area contributed by atoms with E-state index in [4.69, 9.17) is 5.73 Å². The Labute approximate surface area is 124 Å². The Hall–Kier alpha value is -1.05. The van der Waals surface area contributed by atoms with Crippen LogP contribution in [0.25, 0.3) is 0 Å². The van der Waals surface area contributed by atoms with Crippen molar-refractivity contribution in [2.75, 3.05) is 0 Å². The van der Waals surface area contributed by atoms with Gasteiger partial charge in [0.25, 0.3) is 0 Å². The van der Waals surface area contributed by atoms with Gasteiger partial charge in [-0.25, -0.2) is 21.9 Å². The first kappa shape index (κ1) is 18.0. The maximum atomic E-state index is 14.1. The van der Waals surface area contributed by atoms with Crippen molar-refractivity contribution in [1.29, 1.82) is 0 Å². The Kier molecular flexibility index (Phi) is 6.24. The van der Waals surface area contributed by atoms with E-state index in [0.29, 0.717) is 12.3 Å². The molecule has 0 bridgehead atoms. The lowest BCUT2D eigenvalue weighted by atomic mass is 10.1. The first-order chi connectivity index (χ1) is 9.69. The summed E-state index contributed by atoms with van der Waals surface area (Å²) < 4.78 is 54.2. The average molecular weight is 320 g/mol. The highest BCUT2D eigenvalue weighted by Crippen LogP contribution is 2.21. The van der Waals surface area contributed by atoms with Crippen molar-refractivity contribution in [2.45, 2.75) is 51.1 Å². The highest BCUT2D eigenvalue weighted by atomic mass is 32.2. The van der Waals surface area contributed by atoms with Crippen LogP contribution in [0.4, 0.5) is 8.78 Å². The van der Waals surface area contributed by atoms with Crippen LogP contribution in [0, 0.1) is 17.6 Å². The Bertz CT molecular complexity index is 589. The van der Waals surface area contributed by atoms with Crippen LogP contribution in [-0.2, 0) is 16.6 Å². The van der Waals surface area contributed by atoms with Crippen LogP contribution in [0.5, 0.6) is 0 Å². The molecule has 1 atom stereocenters. The van der Waals surface area contributed by atoms with Gasteiger partial charge in [-0.3, -0.25) is 0 Å². The van der Waals surface area contributed by atoms with Gasteiger partial charge in [-0.05, 0) is 37.8 Å². The molecule has 1 aromatic rings. The molecule has 3 N–H and O–H groups in total. The van der Waals surface area contributed by atoms with Crippen molar-refractivity contribution in [2.24, 2.45) is 11.7 Å². The summed E-state index contributed by atoms with van der Waals surface area (Å²) in [7, 11) is -4.03. The summed E-state index contributed by atoms with van der Waals surface area (Å²) in [5.41, 5.74) is 4.83. The molecule has 7 heteroatoms. The van der Waals surface area contributed by atoms with E-state index >= 15 is 0 Å². The molecule has 1 unspecified atom stereocenters. The van der Waals surface area contributed by atoms with Crippen molar-refractivity contribution < 1.29 is 17.2 Å². The van der Waals surface area contributed by atoms with Gasteiger partial charge in [-0.1, -0.05) is 13.8 Å². The Balaban J connectivity index is 2.98. The Morgan fingerprint density at radius 3 is 2.33 bits per heavy atom. The van der Waals surface area contributed by atoms with Crippen molar-refractivity contribution >= 4 is 10.0 Å². The van der Waals surface area contributed by atoms with Crippen molar-refractivity contribution in [3.05, 3.63) is 29.3 Å². The summed E-state index contributed by atoms with van der Waals surface area (Å²) >= 11 is 0. The summed E-state index contributed by atoms with van der Waals surface area (Å²) in [6, 6.07) is 1.50. The van der Waals surface area contributed by atoms with Crippen molar-refractivity contribution in [3.8, 4) is 0 Å². The predicted octanol–water partition coefficient (Wildman–Crippen LogP) is 2.53. The Morgan fingerprint density at radius 2 is 1.81 bits per heavy atom. The van der Waals surface area contributed by atoms with Crippen LogP contribution in [0.15, 0.2) is 17.0 Å². The molecular weight excluding hydrogens is 298 g/mol. The summed E-state index contributed by atoms with van der Waals surface area (Å²) in [5, 5.41) is 0. The number of hydrogen-bond donors (Lipinski definition) is 2. The SMILES string of the molecule is CC(C)CCC(C)NS(=O)(=O)c1ccc(F)c(CN)c1F. The molecule has 0 fully saturated rings. The van der Waals surface area contributed by atoms with Crippen molar-refractivity contribution in [3.63, 3.8) is 0 Å². The van der Waals surface area contributed by atoms with Gasteiger partial charge in [0, 0.05) is 18.2 Å². The second-order valence-corrected chi connectivity index (χ2v) is 7.22. The molecule has 0 aliphatic heterocycles. The number of sulfonamides is 1. The lowest BCUT2D eigenvalue weighted by Gasteiger charge is -2.16. The van der Waals surface area contributed by atoms with E-state index in [0.717, 1.165) is 18.6 Å². The van der Waals surface area contributed by atoms with Crippen LogP contribution in [0.3, 0.4) is 0 Å². The lowest BCUT2D eigenvalue weighted by molar-refractivity contribution is 0.481. The second kappa shape index (κ2) is 7.29. The molecule has 0 amide bonds. The van der Waals surface area contributed by atoms with Crippen LogP contribution >= 0.6 is 0 Å². The van der Waals surface area contributed by atoms with Gasteiger partial charge in [-0.2, -0.15) is 0 Å². The molecule has 120 valence electrons. The van der Waals surface area contributed by atoms with E-state index in [9.17, 15) is 17.2 Å². The summed E-state index contributed by atoms with van der Waals surface area (Å²) in [5.74, 6) is -1.52. The second-order valence-electron chi connectivity index (χ2n) is 5.54. The third-order valence-electron chi connectivity index (χ3n) is 3.18. The van der Waals surface area contributed by atoms with Gasteiger partial charge < -0.3 is 5.73 Å². The monoisotopic (exact) mass is 320 g/mol. The van der Waals surface area contributed by atoms with Crippen LogP contribution in [0.1, 0.15) is 39.2 Å². The molecule has 0 aliphatic carbocycles. The average Bonchev–Trinajstić information content (AvgIpc) is 2.36. The molecule has 0 saturated heterocycles. The summed E-state index contributed by atoms with van der Waals surface area (Å²) in [6.45, 7) is 5.39. The van der Waals surface area contributed by atoms with E-state index in [1.165, 1.54) is 0 Å². The van der Waals surface area contributed by atoms with Crippen LogP contribution in [-0.4, -0.2) is 14.5 Å². The Morgan fingerprint density at radius 1 is 1.19 bits per heavy atom. The molecule has 0 radical (unpaired) electrons. The fourth-order valence-electron chi connectivity index (χ4n) is 1.94. The number of benzene rings is 1. The number of rotatable bonds is 7. The molecular formula is C14H22F2N2O2S. The number of nitrogens with two attached hydrogens (primary N) is 1. The largest absolute Gasteiger partial charge is 0.326 e. The number of nitrogens with one attached hydrogen (secondary N) is 1. The van der Waals surface area contributed by atoms with Crippen LogP contribution < -0.4 is 10.5 Å². The minimum Gasteiger partial charge on any atom is -0.326 e. The lowest BCUT2D eigenvalue weighted by Crippen LogP contribution is -2.33. The molecule has 0 aromatic heterocycles. The molecule has 0 aliphatic rings. The first-order valence-corrected chi connectivity index (χ1v) is 8.36. The predicted molar refractivity (Wildman–Crippen MR) is 78.1 cm³/mol. The molecule has 4 nitrogen and oxygen atoms in total. The molecule has 0 saturated carbocycles. The summed E-state index contributed by atoms with van der Waals surface area (Å²) in [6.07, 6.45) is 1.49. The zero-order valence-electron chi connectivity index (χ0n) is 12.5. The normalized spacial score (nSPS) is 13.7. The van der Waals surface area contributed by atoms with E-state index in [2.05, 4.69) is 4.72 Å². The van der Waals surface area contributed by atoms with Gasteiger partial charge in [0.05, 0.1) is 0 Å². The van der Waals surface area contributed by atoms with Gasteiger partial charge in [-0.15, -0.1) is 0 Å². The van der Waals surface area contributed by atoms with Crippen molar-refractivity contribution in [1.82, 2.24) is 4.72 Å². The first-order valence-electron chi connectivity index (χ1n) is 6.88. The molecule has 1 aromatic carbocycles. The minimum absolute atomic E-state index is 0.330. The minimum atomic E-state index is -4.03. The highest BCUT2D eigenvalue weighted by Gasteiger charge is 2.24. The zero-order chi connectivity index (χ0) is 16.2. The summed E-state index contributed by atoms with van der Waals surface area (Å²) in [4.78, 5) is -0.569. The fourth-order valence-corrected chi connectivity index (χ4v) is 3.32. The fraction of sp³-hybridized carbons (Fsp3) is 0.571. The smallest absolute Gasteiger partial charge is 0.243 e. The van der Waals surface area contributed by atoms with Gasteiger partial charge in [0.15, 0.2) is 5.82 Å². The molecule has 21 heavy (non-hydrogen) atoms. The quantitative estimate of drug-likeness (QED) is 0.811. The van der Waals surface area contributed by atoms with E-state index < -0.39 is 38.7 Å².